The smallest absolute Gasteiger partial charge is 0.173 e. The van der Waals surface area contributed by atoms with Gasteiger partial charge in [-0.1, -0.05) is 23.4 Å². The molecule has 0 aliphatic rings. The summed E-state index contributed by atoms with van der Waals surface area (Å²) >= 11 is 0. The van der Waals surface area contributed by atoms with Crippen molar-refractivity contribution < 1.29 is 0 Å². The fourth-order valence-electron chi connectivity index (χ4n) is 1.84. The van der Waals surface area contributed by atoms with E-state index in [9.17, 15) is 5.26 Å². The van der Waals surface area contributed by atoms with Crippen LogP contribution in [0.4, 0.5) is 11.5 Å². The third-order valence-corrected chi connectivity index (χ3v) is 3.33. The van der Waals surface area contributed by atoms with Crippen molar-refractivity contribution >= 4 is 17.3 Å². The number of aromatic nitrogens is 1. The predicted molar refractivity (Wildman–Crippen MR) is 97.0 cm³/mol. The first-order chi connectivity index (χ1) is 11.2. The number of nitrogens with zero attached hydrogens (tertiary/aromatic N) is 6. The Hall–Kier alpha value is -3.01. The van der Waals surface area contributed by atoms with Crippen LogP contribution < -0.4 is 5.73 Å². The number of anilines is 1. The van der Waals surface area contributed by atoms with Crippen molar-refractivity contribution in [2.45, 2.75) is 41.5 Å². The number of pyridine rings is 1. The minimum absolute atomic E-state index is 0.133. The number of hydrogen-bond donors (Lipinski definition) is 1. The first-order valence-corrected chi connectivity index (χ1v) is 7.36. The van der Waals surface area contributed by atoms with Gasteiger partial charge in [-0.25, -0.2) is 4.98 Å². The van der Waals surface area contributed by atoms with Crippen LogP contribution in [0.25, 0.3) is 5.43 Å². The minimum Gasteiger partial charge on any atom is -0.572 e. The van der Waals surface area contributed by atoms with Gasteiger partial charge in [0.05, 0.1) is 11.3 Å². The molecule has 0 amide bonds. The lowest BCUT2D eigenvalue weighted by atomic mass is 10.1. The van der Waals surface area contributed by atoms with Crippen LogP contribution in [0.5, 0.6) is 0 Å². The summed E-state index contributed by atoms with van der Waals surface area (Å²) in [4.78, 5) is 4.26. The molecule has 0 unspecified atom stereocenters. The Labute approximate surface area is 142 Å². The van der Waals surface area contributed by atoms with Gasteiger partial charge in [0.1, 0.15) is 11.9 Å². The molecule has 1 rings (SSSR count). The van der Waals surface area contributed by atoms with E-state index in [1.54, 1.807) is 27.7 Å². The van der Waals surface area contributed by atoms with Crippen LogP contribution in [0.1, 0.15) is 37.6 Å². The molecular weight excluding hydrogens is 302 g/mol. The molecule has 7 heteroatoms. The van der Waals surface area contributed by atoms with Crippen molar-refractivity contribution in [1.29, 1.82) is 5.26 Å². The number of amidine groups is 1. The molecule has 0 saturated carbocycles. The fourth-order valence-corrected chi connectivity index (χ4v) is 1.84. The zero-order valence-electron chi connectivity index (χ0n) is 15.0. The third-order valence-electron chi connectivity index (χ3n) is 3.33. The van der Waals surface area contributed by atoms with E-state index in [1.807, 2.05) is 13.8 Å². The van der Waals surface area contributed by atoms with Crippen LogP contribution >= 0.6 is 0 Å². The van der Waals surface area contributed by atoms with Crippen molar-refractivity contribution in [3.8, 4) is 6.07 Å². The highest BCUT2D eigenvalue weighted by Gasteiger charge is 2.07. The lowest BCUT2D eigenvalue weighted by Crippen LogP contribution is -2.01. The van der Waals surface area contributed by atoms with E-state index in [0.717, 1.165) is 16.7 Å². The maximum Gasteiger partial charge on any atom is 0.173 e. The molecule has 7 nitrogen and oxygen atoms in total. The van der Waals surface area contributed by atoms with Crippen molar-refractivity contribution in [3.63, 3.8) is 0 Å². The molecule has 0 saturated heterocycles. The first-order valence-electron chi connectivity index (χ1n) is 7.36. The molecule has 0 radical (unpaired) electrons. The first kappa shape index (κ1) is 19.0. The Morgan fingerprint density at radius 2 is 1.79 bits per heavy atom. The Balaban J connectivity index is 3.38. The lowest BCUT2D eigenvalue weighted by molar-refractivity contribution is 1.13. The second-order valence-corrected chi connectivity index (χ2v) is 5.63. The normalized spacial score (nSPS) is 11.3. The summed E-state index contributed by atoms with van der Waals surface area (Å²) in [6.45, 7) is 14.5. The second kappa shape index (κ2) is 8.02. The van der Waals surface area contributed by atoms with Crippen LogP contribution in [0.15, 0.2) is 38.8 Å². The molecule has 2 N–H and O–H groups in total. The quantitative estimate of drug-likeness (QED) is 0.283. The summed E-state index contributed by atoms with van der Waals surface area (Å²) in [6, 6.07) is 2.08. The molecule has 0 aliphatic heterocycles. The molecule has 0 aliphatic carbocycles. The van der Waals surface area contributed by atoms with Crippen LogP contribution in [-0.4, -0.2) is 10.8 Å². The summed E-state index contributed by atoms with van der Waals surface area (Å²) in [5.74, 6) is 0.603. The standard InChI is InChI=1S/C17H22N7/c1-9(2)14(8-18)17(23-21-10(3)4)24-22-15-11(5)12(6)16(19)20-13(15)7/h3H2,1-2,4-7H3,(H2,19,20)/q-1. The van der Waals surface area contributed by atoms with Gasteiger partial charge in [-0.2, -0.15) is 10.4 Å². The second-order valence-electron chi connectivity index (χ2n) is 5.63. The Bertz CT molecular complexity index is 788. The monoisotopic (exact) mass is 324 g/mol. The molecule has 0 fully saturated rings. The topological polar surface area (TPSA) is 114 Å². The average Bonchev–Trinajstić information content (AvgIpc) is 2.49. The van der Waals surface area contributed by atoms with E-state index in [4.69, 9.17) is 5.73 Å². The minimum atomic E-state index is 0.133. The van der Waals surface area contributed by atoms with Crippen LogP contribution in [0.2, 0.25) is 0 Å². The summed E-state index contributed by atoms with van der Waals surface area (Å²) in [5.41, 5.74) is 14.7. The lowest BCUT2D eigenvalue weighted by Gasteiger charge is -2.24. The van der Waals surface area contributed by atoms with Gasteiger partial charge >= 0.3 is 0 Å². The Morgan fingerprint density at radius 3 is 2.29 bits per heavy atom. The van der Waals surface area contributed by atoms with Gasteiger partial charge in [0.2, 0.25) is 0 Å². The number of nitrogens with two attached hydrogens (primary N) is 1. The number of allylic oxidation sites excluding steroid dienone is 2. The molecule has 0 atom stereocenters. The summed E-state index contributed by atoms with van der Waals surface area (Å²) in [6.07, 6.45) is 0. The van der Waals surface area contributed by atoms with Gasteiger partial charge in [-0.3, -0.25) is 0 Å². The van der Waals surface area contributed by atoms with E-state index in [1.165, 1.54) is 0 Å². The molecule has 0 aromatic carbocycles. The Kier molecular flexibility index (Phi) is 6.36. The van der Waals surface area contributed by atoms with E-state index >= 15 is 0 Å². The third kappa shape index (κ3) is 4.49. The number of nitrogen functional groups attached to an aromatic ring is 1. The van der Waals surface area contributed by atoms with Gasteiger partial charge < -0.3 is 16.3 Å². The van der Waals surface area contributed by atoms with Gasteiger partial charge in [0.25, 0.3) is 0 Å². The number of aryl methyl sites for hydroxylation is 1. The van der Waals surface area contributed by atoms with Crippen LogP contribution in [-0.2, 0) is 0 Å². The average molecular weight is 324 g/mol. The summed E-state index contributed by atoms with van der Waals surface area (Å²) in [5, 5.41) is 21.3. The molecule has 126 valence electrons. The van der Waals surface area contributed by atoms with Gasteiger partial charge in [0, 0.05) is 5.69 Å². The largest absolute Gasteiger partial charge is 0.572 e. The van der Waals surface area contributed by atoms with Gasteiger partial charge in [-0.05, 0) is 47.1 Å². The summed E-state index contributed by atoms with van der Waals surface area (Å²) < 4.78 is 0. The molecule has 0 bridgehead atoms. The zero-order valence-corrected chi connectivity index (χ0v) is 15.0. The van der Waals surface area contributed by atoms with E-state index < -0.39 is 0 Å². The highest BCUT2D eigenvalue weighted by atomic mass is 15.3. The van der Waals surface area contributed by atoms with Crippen LogP contribution in [0.3, 0.4) is 0 Å². The van der Waals surface area contributed by atoms with Crippen molar-refractivity contribution in [2.75, 3.05) is 5.73 Å². The van der Waals surface area contributed by atoms with Crippen molar-refractivity contribution in [1.82, 2.24) is 4.98 Å². The molecular formula is C17H22N7-. The zero-order chi connectivity index (χ0) is 18.4. The highest BCUT2D eigenvalue weighted by molar-refractivity contribution is 6.03. The van der Waals surface area contributed by atoms with Crippen molar-refractivity contribution in [3.05, 3.63) is 45.7 Å². The summed E-state index contributed by atoms with van der Waals surface area (Å²) in [7, 11) is 0. The van der Waals surface area contributed by atoms with E-state index in [-0.39, 0.29) is 5.84 Å². The number of nitriles is 1. The fraction of sp³-hybridized carbons (Fsp3) is 0.353. The highest BCUT2D eigenvalue weighted by Crippen LogP contribution is 2.32. The maximum atomic E-state index is 9.34. The SMILES string of the molecule is C=C(C)N=NC(=N[N-]c1c(C)nc(N)c(C)c1C)C(C#N)=C(C)C. The molecule has 1 aromatic rings. The number of rotatable bonds is 4. The number of azo groups is 1. The molecule has 24 heavy (non-hydrogen) atoms. The van der Waals surface area contributed by atoms with Crippen LogP contribution in [0, 0.1) is 32.1 Å². The van der Waals surface area contributed by atoms with Crippen molar-refractivity contribution in [2.24, 2.45) is 15.3 Å². The van der Waals surface area contributed by atoms with Gasteiger partial charge in [0.15, 0.2) is 5.84 Å². The Morgan fingerprint density at radius 1 is 1.17 bits per heavy atom. The molecule has 0 spiro atoms. The predicted octanol–water partition coefficient (Wildman–Crippen LogP) is 4.75. The molecule has 1 aromatic heterocycles. The van der Waals surface area contributed by atoms with Gasteiger partial charge in [-0.15, -0.1) is 5.11 Å². The number of hydrogen-bond acceptors (Lipinski definition) is 5. The molecule has 1 heterocycles. The van der Waals surface area contributed by atoms with E-state index in [2.05, 4.69) is 38.4 Å². The maximum absolute atomic E-state index is 9.34. The van der Waals surface area contributed by atoms with E-state index in [0.29, 0.717) is 28.5 Å².